The maximum atomic E-state index is 11.5. The quantitative estimate of drug-likeness (QED) is 0.470. The van der Waals surface area contributed by atoms with Crippen molar-refractivity contribution >= 4 is 12.2 Å². The largest absolute Gasteiger partial charge is 0.385 e. The van der Waals surface area contributed by atoms with Gasteiger partial charge in [-0.25, -0.2) is 9.78 Å². The molecule has 0 aliphatic rings. The molecule has 0 spiro atoms. The second-order valence-corrected chi connectivity index (χ2v) is 3.89. The zero-order valence-corrected chi connectivity index (χ0v) is 10.2. The predicted octanol–water partition coefficient (Wildman–Crippen LogP) is 1.92. The van der Waals surface area contributed by atoms with Crippen LogP contribution in [0.2, 0.25) is 0 Å². The summed E-state index contributed by atoms with van der Waals surface area (Å²) < 4.78 is 1.67. The van der Waals surface area contributed by atoms with Crippen molar-refractivity contribution in [2.24, 2.45) is 12.2 Å². The Labute approximate surface area is 105 Å². The number of hydrogen-bond acceptors (Lipinski definition) is 4. The molecule has 1 heterocycles. The van der Waals surface area contributed by atoms with Gasteiger partial charge in [-0.3, -0.25) is 0 Å². The van der Waals surface area contributed by atoms with Gasteiger partial charge < -0.3 is 9.40 Å². The lowest BCUT2D eigenvalue weighted by Crippen LogP contribution is -2.01. The molecule has 92 valence electrons. The molecule has 0 aliphatic heterocycles. The van der Waals surface area contributed by atoms with Crippen LogP contribution in [0.15, 0.2) is 41.9 Å². The van der Waals surface area contributed by atoms with Crippen LogP contribution in [0.4, 0.5) is 0 Å². The molecular formula is C13H13N3O2. The van der Waals surface area contributed by atoms with E-state index in [0.29, 0.717) is 0 Å². The van der Waals surface area contributed by atoms with Crippen molar-refractivity contribution in [3.8, 4) is 0 Å². The van der Waals surface area contributed by atoms with E-state index in [4.69, 9.17) is 4.84 Å². The SMILES string of the molecule is Cc1ccccc1C=NOC(=O)c1cn(C)cn1. The number of carbonyl (C=O) groups excluding carboxylic acids is 1. The van der Waals surface area contributed by atoms with E-state index in [9.17, 15) is 4.79 Å². The minimum atomic E-state index is -0.569. The molecule has 0 aliphatic carbocycles. The van der Waals surface area contributed by atoms with E-state index < -0.39 is 5.97 Å². The molecule has 1 aromatic heterocycles. The molecule has 2 rings (SSSR count). The third kappa shape index (κ3) is 2.82. The van der Waals surface area contributed by atoms with Gasteiger partial charge >= 0.3 is 5.97 Å². The van der Waals surface area contributed by atoms with E-state index in [0.717, 1.165) is 11.1 Å². The van der Waals surface area contributed by atoms with E-state index in [2.05, 4.69) is 10.1 Å². The van der Waals surface area contributed by atoms with Crippen LogP contribution in [-0.2, 0) is 11.9 Å². The topological polar surface area (TPSA) is 56.5 Å². The first kappa shape index (κ1) is 12.0. The van der Waals surface area contributed by atoms with Gasteiger partial charge in [-0.1, -0.05) is 29.4 Å². The Bertz CT molecular complexity index is 587. The molecular weight excluding hydrogens is 230 g/mol. The van der Waals surface area contributed by atoms with Crippen molar-refractivity contribution in [3.63, 3.8) is 0 Å². The van der Waals surface area contributed by atoms with Crippen molar-refractivity contribution in [1.29, 1.82) is 0 Å². The highest BCUT2D eigenvalue weighted by atomic mass is 16.7. The van der Waals surface area contributed by atoms with Crippen molar-refractivity contribution in [2.75, 3.05) is 0 Å². The van der Waals surface area contributed by atoms with Crippen LogP contribution in [-0.4, -0.2) is 21.7 Å². The number of imidazole rings is 1. The third-order valence-electron chi connectivity index (χ3n) is 2.43. The lowest BCUT2D eigenvalue weighted by Gasteiger charge is -1.97. The average molecular weight is 243 g/mol. The van der Waals surface area contributed by atoms with Gasteiger partial charge in [0.2, 0.25) is 0 Å². The van der Waals surface area contributed by atoms with Crippen LogP contribution in [0.3, 0.4) is 0 Å². The first-order chi connectivity index (χ1) is 8.66. The molecule has 0 radical (unpaired) electrons. The Balaban J connectivity index is 2.00. The van der Waals surface area contributed by atoms with Crippen molar-refractivity contribution in [2.45, 2.75) is 6.92 Å². The maximum Gasteiger partial charge on any atom is 0.385 e. The highest BCUT2D eigenvalue weighted by Gasteiger charge is 2.09. The predicted molar refractivity (Wildman–Crippen MR) is 67.4 cm³/mol. The number of nitrogens with zero attached hydrogens (tertiary/aromatic N) is 3. The molecule has 2 aromatic rings. The molecule has 0 saturated carbocycles. The van der Waals surface area contributed by atoms with E-state index in [-0.39, 0.29) is 5.69 Å². The summed E-state index contributed by atoms with van der Waals surface area (Å²) in [6.45, 7) is 1.96. The normalized spacial score (nSPS) is 10.8. The molecule has 5 nitrogen and oxygen atoms in total. The maximum absolute atomic E-state index is 11.5. The summed E-state index contributed by atoms with van der Waals surface area (Å²) in [5.41, 5.74) is 2.21. The van der Waals surface area contributed by atoms with E-state index >= 15 is 0 Å². The van der Waals surface area contributed by atoms with Gasteiger partial charge in [-0.2, -0.15) is 0 Å². The fourth-order valence-electron chi connectivity index (χ4n) is 1.43. The number of benzene rings is 1. The van der Waals surface area contributed by atoms with Crippen LogP contribution >= 0.6 is 0 Å². The first-order valence-electron chi connectivity index (χ1n) is 5.45. The summed E-state index contributed by atoms with van der Waals surface area (Å²) in [5, 5.41) is 3.66. The second-order valence-electron chi connectivity index (χ2n) is 3.89. The number of hydrogen-bond donors (Lipinski definition) is 0. The Morgan fingerprint density at radius 1 is 1.44 bits per heavy atom. The van der Waals surface area contributed by atoms with Crippen LogP contribution in [0, 0.1) is 6.92 Å². The lowest BCUT2D eigenvalue weighted by molar-refractivity contribution is 0.0513. The molecule has 0 fully saturated rings. The fourth-order valence-corrected chi connectivity index (χ4v) is 1.43. The van der Waals surface area contributed by atoms with E-state index in [1.165, 1.54) is 12.5 Å². The average Bonchev–Trinajstić information content (AvgIpc) is 2.78. The van der Waals surface area contributed by atoms with Gasteiger partial charge in [0.15, 0.2) is 5.69 Å². The second kappa shape index (κ2) is 5.27. The summed E-state index contributed by atoms with van der Waals surface area (Å²) >= 11 is 0. The van der Waals surface area contributed by atoms with E-state index in [1.54, 1.807) is 17.8 Å². The van der Waals surface area contributed by atoms with Gasteiger partial charge in [0.25, 0.3) is 0 Å². The van der Waals surface area contributed by atoms with Gasteiger partial charge in [0.05, 0.1) is 12.5 Å². The van der Waals surface area contributed by atoms with Gasteiger partial charge in [-0.15, -0.1) is 0 Å². The molecule has 18 heavy (non-hydrogen) atoms. The fraction of sp³-hybridized carbons (Fsp3) is 0.154. The van der Waals surface area contributed by atoms with Crippen molar-refractivity contribution in [1.82, 2.24) is 9.55 Å². The molecule has 0 atom stereocenters. The minimum absolute atomic E-state index is 0.236. The lowest BCUT2D eigenvalue weighted by atomic mass is 10.1. The van der Waals surface area contributed by atoms with Crippen LogP contribution in [0.25, 0.3) is 0 Å². The van der Waals surface area contributed by atoms with Gasteiger partial charge in [0, 0.05) is 13.2 Å². The number of aromatic nitrogens is 2. The highest BCUT2D eigenvalue weighted by Crippen LogP contribution is 2.04. The van der Waals surface area contributed by atoms with Crippen LogP contribution < -0.4 is 0 Å². The van der Waals surface area contributed by atoms with Crippen LogP contribution in [0.1, 0.15) is 21.6 Å². The number of carbonyl (C=O) groups is 1. The minimum Gasteiger partial charge on any atom is -0.340 e. The standard InChI is InChI=1S/C13H13N3O2/c1-10-5-3-4-6-11(10)7-15-18-13(17)12-8-16(2)9-14-12/h3-9H,1-2H3. The molecule has 1 aromatic carbocycles. The summed E-state index contributed by atoms with van der Waals surface area (Å²) in [6.07, 6.45) is 4.61. The van der Waals surface area contributed by atoms with Crippen molar-refractivity contribution < 1.29 is 9.63 Å². The molecule has 0 saturated heterocycles. The zero-order chi connectivity index (χ0) is 13.0. The highest BCUT2D eigenvalue weighted by molar-refractivity contribution is 5.88. The number of rotatable bonds is 3. The van der Waals surface area contributed by atoms with Crippen molar-refractivity contribution in [3.05, 3.63) is 53.6 Å². The Kier molecular flexibility index (Phi) is 3.52. The monoisotopic (exact) mass is 243 g/mol. The number of oxime groups is 1. The Morgan fingerprint density at radius 3 is 2.89 bits per heavy atom. The zero-order valence-electron chi connectivity index (χ0n) is 10.2. The Morgan fingerprint density at radius 2 is 2.22 bits per heavy atom. The van der Waals surface area contributed by atoms with Crippen LogP contribution in [0.5, 0.6) is 0 Å². The molecule has 0 N–H and O–H groups in total. The van der Waals surface area contributed by atoms with E-state index in [1.807, 2.05) is 31.2 Å². The first-order valence-corrected chi connectivity index (χ1v) is 5.45. The van der Waals surface area contributed by atoms with Gasteiger partial charge in [-0.05, 0) is 18.1 Å². The third-order valence-corrected chi connectivity index (χ3v) is 2.43. The smallest absolute Gasteiger partial charge is 0.340 e. The molecule has 0 amide bonds. The molecule has 0 bridgehead atoms. The number of aryl methyl sites for hydroxylation is 2. The summed E-state index contributed by atoms with van der Waals surface area (Å²) in [7, 11) is 1.78. The summed E-state index contributed by atoms with van der Waals surface area (Å²) in [5.74, 6) is -0.569. The molecule has 0 unspecified atom stereocenters. The van der Waals surface area contributed by atoms with Gasteiger partial charge in [0.1, 0.15) is 0 Å². The summed E-state index contributed by atoms with van der Waals surface area (Å²) in [4.78, 5) is 20.1. The molecule has 5 heteroatoms. The Hall–Kier alpha value is -2.43. The summed E-state index contributed by atoms with van der Waals surface area (Å²) in [6, 6.07) is 7.69.